The highest BCUT2D eigenvalue weighted by atomic mass is 79.9. The fraction of sp³-hybridized carbons (Fsp3) is 0.120. The third-order valence-electron chi connectivity index (χ3n) is 5.78. The summed E-state index contributed by atoms with van der Waals surface area (Å²) in [5.74, 6) is 0.641. The summed E-state index contributed by atoms with van der Waals surface area (Å²) in [6.07, 6.45) is 0. The van der Waals surface area contributed by atoms with Crippen molar-refractivity contribution in [1.82, 2.24) is 15.1 Å². The van der Waals surface area contributed by atoms with Gasteiger partial charge in [0.1, 0.15) is 22.9 Å². The summed E-state index contributed by atoms with van der Waals surface area (Å²) in [5.41, 5.74) is 4.00. The minimum Gasteiger partial charge on any atom is -0.507 e. The number of rotatable bonds is 5. The maximum absolute atomic E-state index is 13.5. The first-order valence-corrected chi connectivity index (χ1v) is 11.4. The number of ether oxygens (including phenoxy) is 1. The molecule has 1 amide bonds. The Bertz CT molecular complexity index is 1340. The van der Waals surface area contributed by atoms with Crippen molar-refractivity contribution in [2.45, 2.75) is 12.6 Å². The van der Waals surface area contributed by atoms with Crippen LogP contribution < -0.4 is 4.74 Å². The zero-order valence-corrected chi connectivity index (χ0v) is 19.9. The molecule has 5 rings (SSSR count). The number of halogens is 2. The number of aromatic amines is 1. The lowest BCUT2D eigenvalue weighted by Gasteiger charge is -2.26. The number of phenolic OH excluding ortho intramolecular Hbond substituents is 1. The molecule has 0 bridgehead atoms. The maximum Gasteiger partial charge on any atom is 0.273 e. The van der Waals surface area contributed by atoms with Gasteiger partial charge < -0.3 is 14.7 Å². The van der Waals surface area contributed by atoms with Crippen molar-refractivity contribution in [3.8, 4) is 22.8 Å². The van der Waals surface area contributed by atoms with E-state index in [1.165, 1.54) is 6.07 Å². The molecule has 8 heteroatoms. The molecule has 0 aliphatic carbocycles. The molecule has 1 aliphatic rings. The van der Waals surface area contributed by atoms with Gasteiger partial charge in [-0.25, -0.2) is 0 Å². The number of hydrogen-bond acceptors (Lipinski definition) is 4. The van der Waals surface area contributed by atoms with Gasteiger partial charge in [-0.2, -0.15) is 5.10 Å². The molecule has 166 valence electrons. The molecule has 33 heavy (non-hydrogen) atoms. The summed E-state index contributed by atoms with van der Waals surface area (Å²) in [6.45, 7) is 0.396. The molecular weight excluding hydrogens is 506 g/mol. The Kier molecular flexibility index (Phi) is 5.60. The number of amides is 1. The van der Waals surface area contributed by atoms with Crippen LogP contribution in [-0.4, -0.2) is 33.2 Å². The first kappa shape index (κ1) is 21.6. The Balaban J connectivity index is 1.63. The van der Waals surface area contributed by atoms with E-state index >= 15 is 0 Å². The highest BCUT2D eigenvalue weighted by molar-refractivity contribution is 9.10. The topological polar surface area (TPSA) is 78.5 Å². The molecule has 1 atom stereocenters. The summed E-state index contributed by atoms with van der Waals surface area (Å²) in [4.78, 5) is 15.3. The van der Waals surface area contributed by atoms with Gasteiger partial charge in [-0.1, -0.05) is 51.8 Å². The second kappa shape index (κ2) is 8.57. The molecule has 2 heterocycles. The monoisotopic (exact) mass is 523 g/mol. The number of aromatic hydroxyl groups is 1. The van der Waals surface area contributed by atoms with E-state index in [4.69, 9.17) is 16.3 Å². The van der Waals surface area contributed by atoms with Gasteiger partial charge in [0.2, 0.25) is 0 Å². The highest BCUT2D eigenvalue weighted by Crippen LogP contribution is 2.45. The molecule has 2 N–H and O–H groups in total. The zero-order chi connectivity index (χ0) is 23.1. The van der Waals surface area contributed by atoms with Crippen LogP contribution in [0.2, 0.25) is 5.02 Å². The number of methoxy groups -OCH3 is 1. The molecule has 4 aromatic rings. The average molecular weight is 525 g/mol. The minimum atomic E-state index is -0.394. The van der Waals surface area contributed by atoms with Gasteiger partial charge in [0.15, 0.2) is 0 Å². The van der Waals surface area contributed by atoms with Gasteiger partial charge in [0.05, 0.1) is 13.2 Å². The van der Waals surface area contributed by atoms with E-state index in [0.29, 0.717) is 34.1 Å². The molecule has 3 aromatic carbocycles. The fourth-order valence-corrected chi connectivity index (χ4v) is 4.62. The molecule has 1 aromatic heterocycles. The number of nitrogens with zero attached hydrogens (tertiary/aromatic N) is 2. The van der Waals surface area contributed by atoms with Crippen LogP contribution in [0.4, 0.5) is 0 Å². The summed E-state index contributed by atoms with van der Waals surface area (Å²) < 4.78 is 6.20. The predicted octanol–water partition coefficient (Wildman–Crippen LogP) is 5.95. The molecule has 6 nitrogen and oxygen atoms in total. The van der Waals surface area contributed by atoms with E-state index < -0.39 is 6.04 Å². The van der Waals surface area contributed by atoms with Gasteiger partial charge in [0, 0.05) is 27.2 Å². The quantitative estimate of drug-likeness (QED) is 0.338. The Labute approximate surface area is 203 Å². The number of carbonyl (C=O) groups is 1. The maximum atomic E-state index is 13.5. The minimum absolute atomic E-state index is 0.0457. The van der Waals surface area contributed by atoms with Gasteiger partial charge in [-0.05, 0) is 53.6 Å². The van der Waals surface area contributed by atoms with Crippen LogP contribution in [0.1, 0.15) is 33.2 Å². The van der Waals surface area contributed by atoms with Crippen LogP contribution in [0.15, 0.2) is 71.2 Å². The average Bonchev–Trinajstić information content (AvgIpc) is 3.36. The lowest BCUT2D eigenvalue weighted by atomic mass is 9.95. The first-order chi connectivity index (χ1) is 16.0. The second-order valence-electron chi connectivity index (χ2n) is 7.76. The van der Waals surface area contributed by atoms with Crippen molar-refractivity contribution in [1.29, 1.82) is 0 Å². The lowest BCUT2D eigenvalue weighted by Crippen LogP contribution is -2.29. The predicted molar refractivity (Wildman–Crippen MR) is 130 cm³/mol. The van der Waals surface area contributed by atoms with Crippen molar-refractivity contribution < 1.29 is 14.6 Å². The van der Waals surface area contributed by atoms with Crippen molar-refractivity contribution in [3.05, 3.63) is 98.6 Å². The van der Waals surface area contributed by atoms with Crippen LogP contribution in [0, 0.1) is 0 Å². The number of carbonyl (C=O) groups excluding carboxylic acids is 1. The van der Waals surface area contributed by atoms with Crippen molar-refractivity contribution in [3.63, 3.8) is 0 Å². The summed E-state index contributed by atoms with van der Waals surface area (Å²) >= 11 is 9.69. The highest BCUT2D eigenvalue weighted by Gasteiger charge is 2.42. The number of aromatic nitrogens is 2. The number of nitrogens with one attached hydrogen (secondary N) is 1. The molecule has 0 radical (unpaired) electrons. The van der Waals surface area contributed by atoms with Crippen LogP contribution in [-0.2, 0) is 6.54 Å². The van der Waals surface area contributed by atoms with Crippen molar-refractivity contribution in [2.75, 3.05) is 7.11 Å². The number of hydrogen-bond donors (Lipinski definition) is 2. The number of H-pyrrole nitrogens is 1. The molecule has 0 saturated heterocycles. The first-order valence-electron chi connectivity index (χ1n) is 10.2. The molecule has 1 unspecified atom stereocenters. The van der Waals surface area contributed by atoms with E-state index in [1.807, 2.05) is 48.5 Å². The molecule has 0 saturated carbocycles. The largest absolute Gasteiger partial charge is 0.507 e. The van der Waals surface area contributed by atoms with Crippen LogP contribution >= 0.6 is 27.5 Å². The SMILES string of the molecule is COc1ccc(CN2C(=O)c3[nH]nc(-c4cc(Cl)ccc4O)c3C2c2ccc(Br)cc2)cc1. The number of phenols is 1. The lowest BCUT2D eigenvalue weighted by molar-refractivity contribution is 0.0730. The Morgan fingerprint density at radius 3 is 2.55 bits per heavy atom. The van der Waals surface area contributed by atoms with Crippen molar-refractivity contribution in [2.24, 2.45) is 0 Å². The Morgan fingerprint density at radius 1 is 1.12 bits per heavy atom. The fourth-order valence-electron chi connectivity index (χ4n) is 4.18. The Morgan fingerprint density at radius 2 is 1.85 bits per heavy atom. The van der Waals surface area contributed by atoms with Gasteiger partial charge in [-0.3, -0.25) is 9.89 Å². The van der Waals surface area contributed by atoms with Crippen molar-refractivity contribution >= 4 is 33.4 Å². The summed E-state index contributed by atoms with van der Waals surface area (Å²) in [5, 5.41) is 18.3. The number of fused-ring (bicyclic) bond motifs is 1. The Hall–Kier alpha value is -3.29. The molecule has 0 spiro atoms. The smallest absolute Gasteiger partial charge is 0.273 e. The zero-order valence-electron chi connectivity index (χ0n) is 17.5. The van der Waals surface area contributed by atoms with E-state index in [2.05, 4.69) is 26.1 Å². The van der Waals surface area contributed by atoms with Crippen LogP contribution in [0.3, 0.4) is 0 Å². The number of benzene rings is 3. The van der Waals surface area contributed by atoms with Crippen LogP contribution in [0.5, 0.6) is 11.5 Å². The third kappa shape index (κ3) is 3.87. The van der Waals surface area contributed by atoms with Gasteiger partial charge in [-0.15, -0.1) is 0 Å². The van der Waals surface area contributed by atoms with E-state index in [0.717, 1.165) is 21.3 Å². The summed E-state index contributed by atoms with van der Waals surface area (Å²) in [7, 11) is 1.62. The van der Waals surface area contributed by atoms with Crippen LogP contribution in [0.25, 0.3) is 11.3 Å². The third-order valence-corrected chi connectivity index (χ3v) is 6.54. The molecule has 1 aliphatic heterocycles. The van der Waals surface area contributed by atoms with Gasteiger partial charge in [0.25, 0.3) is 5.91 Å². The van der Waals surface area contributed by atoms with E-state index in [9.17, 15) is 9.90 Å². The second-order valence-corrected chi connectivity index (χ2v) is 9.11. The molecule has 0 fully saturated rings. The van der Waals surface area contributed by atoms with Gasteiger partial charge >= 0.3 is 0 Å². The van der Waals surface area contributed by atoms with E-state index in [1.54, 1.807) is 24.1 Å². The standard InChI is InChI=1S/C25H19BrClN3O3/c1-33-18-9-2-14(3-10-18)13-30-24(15-4-6-16(26)7-5-15)21-22(28-29-23(21)25(30)32)19-12-17(27)8-11-20(19)31/h2-12,24,31H,13H2,1H3,(H,28,29). The normalized spacial score (nSPS) is 15.1. The summed E-state index contributed by atoms with van der Waals surface area (Å²) in [6, 6.07) is 19.9. The molecular formula is C25H19BrClN3O3. The van der Waals surface area contributed by atoms with E-state index in [-0.39, 0.29) is 11.7 Å².